The Balaban J connectivity index is 1.96. The molecule has 0 amide bonds. The van der Waals surface area contributed by atoms with Gasteiger partial charge in [0.15, 0.2) is 9.54 Å². The summed E-state index contributed by atoms with van der Waals surface area (Å²) < 4.78 is 6.06. The maximum absolute atomic E-state index is 9.54. The number of nitrogens with one attached hydrogen (secondary N) is 1. The highest BCUT2D eigenvalue weighted by Gasteiger charge is 2.03. The molecule has 0 aliphatic heterocycles. The van der Waals surface area contributed by atoms with Crippen LogP contribution < -0.4 is 0 Å². The number of thiazole rings is 1. The fraction of sp³-hybridized carbons (Fsp3) is 0. The summed E-state index contributed by atoms with van der Waals surface area (Å²) in [6.07, 6.45) is 3.42. The van der Waals surface area contributed by atoms with Crippen molar-refractivity contribution >= 4 is 46.8 Å². The highest BCUT2D eigenvalue weighted by Crippen LogP contribution is 2.24. The molecule has 0 spiro atoms. The fourth-order valence-corrected chi connectivity index (χ4v) is 2.55. The molecule has 0 aliphatic rings. The van der Waals surface area contributed by atoms with E-state index in [9.17, 15) is 5.11 Å². The normalized spacial score (nSPS) is 11.6. The Labute approximate surface area is 111 Å². The van der Waals surface area contributed by atoms with Gasteiger partial charge in [0, 0.05) is 6.08 Å². The molecule has 2 N–H and O–H groups in total. The van der Waals surface area contributed by atoms with E-state index in [0.717, 1.165) is 11.1 Å². The molecule has 0 atom stereocenters. The number of H-pyrrole nitrogens is 1. The van der Waals surface area contributed by atoms with Crippen LogP contribution in [0.4, 0.5) is 0 Å². The van der Waals surface area contributed by atoms with Crippen LogP contribution in [0, 0.1) is 3.95 Å². The topological polar surface area (TPSA) is 62.0 Å². The van der Waals surface area contributed by atoms with E-state index in [2.05, 4.69) is 9.97 Å². The van der Waals surface area contributed by atoms with E-state index in [1.165, 1.54) is 11.3 Å². The highest BCUT2D eigenvalue weighted by molar-refractivity contribution is 7.73. The predicted octanol–water partition coefficient (Wildman–Crippen LogP) is 3.82. The molecule has 0 unspecified atom stereocenters. The lowest BCUT2D eigenvalue weighted by Crippen LogP contribution is -1.69. The maximum atomic E-state index is 9.54. The van der Waals surface area contributed by atoms with Crippen molar-refractivity contribution in [2.45, 2.75) is 0 Å². The van der Waals surface area contributed by atoms with Crippen molar-refractivity contribution in [2.24, 2.45) is 0 Å². The first kappa shape index (κ1) is 11.2. The Morgan fingerprint density at radius 3 is 2.89 bits per heavy atom. The first-order valence-corrected chi connectivity index (χ1v) is 6.40. The van der Waals surface area contributed by atoms with E-state index < -0.39 is 0 Å². The van der Waals surface area contributed by atoms with E-state index in [0.29, 0.717) is 14.7 Å². The van der Waals surface area contributed by atoms with Crippen molar-refractivity contribution in [1.82, 2.24) is 9.97 Å². The molecule has 2 aromatic heterocycles. The molecule has 6 heteroatoms. The van der Waals surface area contributed by atoms with Gasteiger partial charge in [0.2, 0.25) is 11.8 Å². The molecule has 3 aromatic rings. The van der Waals surface area contributed by atoms with Crippen LogP contribution in [0.5, 0.6) is 5.88 Å². The summed E-state index contributed by atoms with van der Waals surface area (Å²) in [6, 6.07) is 7.54. The first-order valence-electron chi connectivity index (χ1n) is 5.18. The summed E-state index contributed by atoms with van der Waals surface area (Å²) in [7, 11) is 0. The summed E-state index contributed by atoms with van der Waals surface area (Å²) in [4.78, 5) is 7.61. The standard InChI is InChI=1S/C12H8N2O2S2/c15-11-9(18-12(17)14-11)5-6-10-13-7-3-1-2-4-8(7)16-10/h1-6,15H,(H,14,17). The number of oxazole rings is 1. The maximum Gasteiger partial charge on any atom is 0.220 e. The minimum absolute atomic E-state index is 0.0670. The van der Waals surface area contributed by atoms with Crippen LogP contribution in [0.15, 0.2) is 28.7 Å². The third-order valence-corrected chi connectivity index (χ3v) is 3.53. The summed E-state index contributed by atoms with van der Waals surface area (Å²) in [5, 5.41) is 9.54. The summed E-state index contributed by atoms with van der Waals surface area (Å²) >= 11 is 6.23. The van der Waals surface area contributed by atoms with Crippen LogP contribution in [0.25, 0.3) is 23.3 Å². The van der Waals surface area contributed by atoms with Crippen molar-refractivity contribution in [3.63, 3.8) is 0 Å². The number of aromatic hydroxyl groups is 1. The van der Waals surface area contributed by atoms with Gasteiger partial charge in [-0.3, -0.25) is 0 Å². The average molecular weight is 276 g/mol. The smallest absolute Gasteiger partial charge is 0.220 e. The van der Waals surface area contributed by atoms with Crippen LogP contribution in [-0.2, 0) is 0 Å². The number of fused-ring (bicyclic) bond motifs is 1. The van der Waals surface area contributed by atoms with Crippen molar-refractivity contribution in [3.8, 4) is 5.88 Å². The molecule has 90 valence electrons. The molecule has 0 radical (unpaired) electrons. The molecule has 3 rings (SSSR count). The van der Waals surface area contributed by atoms with Gasteiger partial charge in [0.05, 0.1) is 4.88 Å². The number of rotatable bonds is 2. The van der Waals surface area contributed by atoms with Gasteiger partial charge in [-0.25, -0.2) is 4.98 Å². The number of hydrogen-bond donors (Lipinski definition) is 2. The molecule has 1 aromatic carbocycles. The second-order valence-electron chi connectivity index (χ2n) is 3.58. The lowest BCUT2D eigenvalue weighted by atomic mass is 10.3. The lowest BCUT2D eigenvalue weighted by molar-refractivity contribution is 0.456. The van der Waals surface area contributed by atoms with E-state index in [-0.39, 0.29) is 5.88 Å². The lowest BCUT2D eigenvalue weighted by Gasteiger charge is -1.85. The van der Waals surface area contributed by atoms with Crippen LogP contribution in [0.1, 0.15) is 10.8 Å². The number of para-hydroxylation sites is 2. The Hall–Kier alpha value is -1.92. The van der Waals surface area contributed by atoms with Crippen LogP contribution in [0.3, 0.4) is 0 Å². The zero-order valence-corrected chi connectivity index (χ0v) is 10.7. The molecule has 0 bridgehead atoms. The van der Waals surface area contributed by atoms with Gasteiger partial charge in [-0.15, -0.1) is 11.3 Å². The number of hydrogen-bond acceptors (Lipinski definition) is 5. The highest BCUT2D eigenvalue weighted by atomic mass is 32.1. The molecule has 2 heterocycles. The zero-order chi connectivity index (χ0) is 12.5. The number of benzene rings is 1. The number of nitrogens with zero attached hydrogens (tertiary/aromatic N) is 1. The monoisotopic (exact) mass is 276 g/mol. The van der Waals surface area contributed by atoms with Crippen molar-refractivity contribution in [3.05, 3.63) is 39.0 Å². The van der Waals surface area contributed by atoms with Crippen LogP contribution in [0.2, 0.25) is 0 Å². The summed E-state index contributed by atoms with van der Waals surface area (Å²) in [6.45, 7) is 0. The van der Waals surface area contributed by atoms with Gasteiger partial charge in [-0.05, 0) is 30.4 Å². The second kappa shape index (κ2) is 4.40. The number of aromatic amines is 1. The minimum Gasteiger partial charge on any atom is -0.494 e. The van der Waals surface area contributed by atoms with E-state index in [4.69, 9.17) is 16.6 Å². The summed E-state index contributed by atoms with van der Waals surface area (Å²) in [5.74, 6) is 0.562. The Bertz CT molecular complexity index is 750. The van der Waals surface area contributed by atoms with Crippen molar-refractivity contribution in [1.29, 1.82) is 0 Å². The molecule has 0 aliphatic carbocycles. The van der Waals surface area contributed by atoms with Gasteiger partial charge < -0.3 is 14.5 Å². The van der Waals surface area contributed by atoms with Gasteiger partial charge in [0.1, 0.15) is 5.52 Å². The quantitative estimate of drug-likeness (QED) is 0.698. The molecular weight excluding hydrogens is 268 g/mol. The van der Waals surface area contributed by atoms with E-state index in [1.807, 2.05) is 24.3 Å². The van der Waals surface area contributed by atoms with E-state index >= 15 is 0 Å². The Morgan fingerprint density at radius 2 is 2.17 bits per heavy atom. The fourth-order valence-electron chi connectivity index (χ4n) is 1.55. The van der Waals surface area contributed by atoms with Gasteiger partial charge in [-0.1, -0.05) is 12.1 Å². The predicted molar refractivity (Wildman–Crippen MR) is 74.1 cm³/mol. The van der Waals surface area contributed by atoms with Crippen molar-refractivity contribution < 1.29 is 9.52 Å². The molecular formula is C12H8N2O2S2. The van der Waals surface area contributed by atoms with Crippen LogP contribution in [-0.4, -0.2) is 15.1 Å². The molecule has 18 heavy (non-hydrogen) atoms. The largest absolute Gasteiger partial charge is 0.494 e. The second-order valence-corrected chi connectivity index (χ2v) is 5.30. The number of aromatic nitrogens is 2. The molecule has 4 nitrogen and oxygen atoms in total. The molecule has 0 saturated heterocycles. The third-order valence-electron chi connectivity index (χ3n) is 2.34. The van der Waals surface area contributed by atoms with Gasteiger partial charge >= 0.3 is 0 Å². The summed E-state index contributed by atoms with van der Waals surface area (Å²) in [5.41, 5.74) is 1.55. The Morgan fingerprint density at radius 1 is 1.33 bits per heavy atom. The van der Waals surface area contributed by atoms with Gasteiger partial charge in [-0.2, -0.15) is 0 Å². The van der Waals surface area contributed by atoms with E-state index in [1.54, 1.807) is 12.2 Å². The van der Waals surface area contributed by atoms with Crippen molar-refractivity contribution in [2.75, 3.05) is 0 Å². The minimum atomic E-state index is 0.0670. The SMILES string of the molecule is Oc1[nH]c(=S)sc1C=Cc1nc2ccccc2o1. The first-order chi connectivity index (χ1) is 8.72. The third kappa shape index (κ3) is 2.07. The van der Waals surface area contributed by atoms with Gasteiger partial charge in [0.25, 0.3) is 0 Å². The zero-order valence-electron chi connectivity index (χ0n) is 9.08. The molecule has 0 fully saturated rings. The Kier molecular flexibility index (Phi) is 2.73. The van der Waals surface area contributed by atoms with Crippen LogP contribution >= 0.6 is 23.6 Å². The average Bonchev–Trinajstić information content (AvgIpc) is 2.89. The molecule has 0 saturated carbocycles.